The van der Waals surface area contributed by atoms with Crippen LogP contribution in [0.25, 0.3) is 0 Å². The Hall–Kier alpha value is -2.18. The van der Waals surface area contributed by atoms with Gasteiger partial charge in [-0.05, 0) is 30.3 Å². The van der Waals surface area contributed by atoms with Crippen LogP contribution in [-0.2, 0) is 27.7 Å². The van der Waals surface area contributed by atoms with Gasteiger partial charge in [0.05, 0.1) is 11.4 Å². The first-order chi connectivity index (χ1) is 11.3. The van der Waals surface area contributed by atoms with Gasteiger partial charge in [-0.3, -0.25) is 9.69 Å². The predicted molar refractivity (Wildman–Crippen MR) is 94.2 cm³/mol. The zero-order valence-electron chi connectivity index (χ0n) is 13.9. The molecule has 0 aromatic heterocycles. The maximum absolute atomic E-state index is 12.0. The average Bonchev–Trinajstić information content (AvgIpc) is 2.53. The van der Waals surface area contributed by atoms with Crippen molar-refractivity contribution in [3.8, 4) is 0 Å². The number of nitrogens with one attached hydrogen (secondary N) is 1. The summed E-state index contributed by atoms with van der Waals surface area (Å²) in [6, 6.07) is 16.5. The van der Waals surface area contributed by atoms with E-state index in [1.54, 1.807) is 24.3 Å². The highest BCUT2D eigenvalue weighted by molar-refractivity contribution is 7.90. The van der Waals surface area contributed by atoms with Crippen LogP contribution in [-0.4, -0.2) is 39.1 Å². The Morgan fingerprint density at radius 1 is 1.00 bits per heavy atom. The number of hydrogen-bond acceptors (Lipinski definition) is 4. The smallest absolute Gasteiger partial charge is 0.234 e. The maximum atomic E-state index is 12.0. The van der Waals surface area contributed by atoms with Gasteiger partial charge in [0.1, 0.15) is 0 Å². The molecule has 2 aromatic rings. The fourth-order valence-corrected chi connectivity index (χ4v) is 2.94. The Bertz CT molecular complexity index is 772. The summed E-state index contributed by atoms with van der Waals surface area (Å²) in [6.45, 7) is 1.38. The van der Waals surface area contributed by atoms with Crippen molar-refractivity contribution < 1.29 is 13.2 Å². The molecule has 0 aliphatic heterocycles. The van der Waals surface area contributed by atoms with E-state index in [0.29, 0.717) is 19.6 Å². The van der Waals surface area contributed by atoms with E-state index in [4.69, 9.17) is 0 Å². The number of rotatable bonds is 7. The third-order valence-corrected chi connectivity index (χ3v) is 4.68. The normalized spacial score (nSPS) is 11.5. The van der Waals surface area contributed by atoms with Crippen molar-refractivity contribution in [1.82, 2.24) is 10.2 Å². The van der Waals surface area contributed by atoms with Gasteiger partial charge in [-0.15, -0.1) is 0 Å². The van der Waals surface area contributed by atoms with Gasteiger partial charge in [-0.2, -0.15) is 0 Å². The minimum absolute atomic E-state index is 0.0689. The van der Waals surface area contributed by atoms with Crippen molar-refractivity contribution in [3.63, 3.8) is 0 Å². The molecule has 0 atom stereocenters. The molecule has 0 radical (unpaired) electrons. The van der Waals surface area contributed by atoms with Gasteiger partial charge in [0.2, 0.25) is 5.91 Å². The van der Waals surface area contributed by atoms with E-state index in [0.717, 1.165) is 11.1 Å². The summed E-state index contributed by atoms with van der Waals surface area (Å²) in [5, 5.41) is 2.84. The van der Waals surface area contributed by atoms with Crippen LogP contribution in [0.5, 0.6) is 0 Å². The maximum Gasteiger partial charge on any atom is 0.234 e. The monoisotopic (exact) mass is 346 g/mol. The van der Waals surface area contributed by atoms with Crippen molar-refractivity contribution in [1.29, 1.82) is 0 Å². The van der Waals surface area contributed by atoms with Crippen molar-refractivity contribution in [2.75, 3.05) is 19.8 Å². The number of nitrogens with zero attached hydrogens (tertiary/aromatic N) is 1. The molecule has 0 aliphatic rings. The highest BCUT2D eigenvalue weighted by atomic mass is 32.2. The van der Waals surface area contributed by atoms with Gasteiger partial charge in [-0.25, -0.2) is 8.42 Å². The van der Waals surface area contributed by atoms with Gasteiger partial charge in [0.25, 0.3) is 0 Å². The second-order valence-corrected chi connectivity index (χ2v) is 7.87. The molecular weight excluding hydrogens is 324 g/mol. The lowest BCUT2D eigenvalue weighted by atomic mass is 10.2. The molecule has 0 unspecified atom stereocenters. The molecule has 0 saturated carbocycles. The Labute approximate surface area is 143 Å². The van der Waals surface area contributed by atoms with E-state index in [1.807, 2.05) is 42.3 Å². The summed E-state index contributed by atoms with van der Waals surface area (Å²) >= 11 is 0. The van der Waals surface area contributed by atoms with Gasteiger partial charge in [0, 0.05) is 19.3 Å². The molecule has 0 fully saturated rings. The van der Waals surface area contributed by atoms with Gasteiger partial charge >= 0.3 is 0 Å². The molecule has 2 rings (SSSR count). The molecule has 1 N–H and O–H groups in total. The van der Waals surface area contributed by atoms with Crippen LogP contribution >= 0.6 is 0 Å². The van der Waals surface area contributed by atoms with Crippen molar-refractivity contribution in [2.45, 2.75) is 18.0 Å². The Balaban J connectivity index is 1.80. The zero-order valence-corrected chi connectivity index (χ0v) is 14.7. The second kappa shape index (κ2) is 8.08. The van der Waals surface area contributed by atoms with E-state index in [9.17, 15) is 13.2 Å². The lowest BCUT2D eigenvalue weighted by Gasteiger charge is -2.16. The van der Waals surface area contributed by atoms with Crippen molar-refractivity contribution in [3.05, 3.63) is 65.7 Å². The highest BCUT2D eigenvalue weighted by Gasteiger charge is 2.08. The van der Waals surface area contributed by atoms with Crippen LogP contribution in [0.15, 0.2) is 59.5 Å². The third-order valence-electron chi connectivity index (χ3n) is 3.55. The number of sulfone groups is 1. The van der Waals surface area contributed by atoms with Crippen molar-refractivity contribution >= 4 is 15.7 Å². The summed E-state index contributed by atoms with van der Waals surface area (Å²) in [4.78, 5) is 14.2. The molecule has 1 amide bonds. The quantitative estimate of drug-likeness (QED) is 0.831. The first-order valence-corrected chi connectivity index (χ1v) is 9.52. The van der Waals surface area contributed by atoms with E-state index in [1.165, 1.54) is 6.26 Å². The number of carbonyl (C=O) groups excluding carboxylic acids is 1. The van der Waals surface area contributed by atoms with E-state index >= 15 is 0 Å². The van der Waals surface area contributed by atoms with Gasteiger partial charge in [0.15, 0.2) is 9.84 Å². The Morgan fingerprint density at radius 2 is 1.62 bits per heavy atom. The summed E-state index contributed by atoms with van der Waals surface area (Å²) in [7, 11) is -1.29. The number of amides is 1. The van der Waals surface area contributed by atoms with Crippen LogP contribution in [0.4, 0.5) is 0 Å². The first-order valence-electron chi connectivity index (χ1n) is 7.63. The lowest BCUT2D eigenvalue weighted by molar-refractivity contribution is -0.122. The molecule has 0 aliphatic carbocycles. The van der Waals surface area contributed by atoms with Crippen LogP contribution in [0.2, 0.25) is 0 Å². The zero-order chi connectivity index (χ0) is 17.6. The van der Waals surface area contributed by atoms with E-state index < -0.39 is 9.84 Å². The number of hydrogen-bond donors (Lipinski definition) is 1. The fourth-order valence-electron chi connectivity index (χ4n) is 2.31. The average molecular weight is 346 g/mol. The predicted octanol–water partition coefficient (Wildman–Crippen LogP) is 1.84. The molecule has 0 spiro atoms. The van der Waals surface area contributed by atoms with Crippen LogP contribution in [0, 0.1) is 0 Å². The largest absolute Gasteiger partial charge is 0.351 e. The number of benzene rings is 2. The summed E-state index contributed by atoms with van der Waals surface area (Å²) in [5.74, 6) is -0.0689. The SMILES string of the molecule is CN(CC(=O)NCc1ccc(S(C)(=O)=O)cc1)Cc1ccccc1. The molecule has 0 saturated heterocycles. The third kappa shape index (κ3) is 5.79. The lowest BCUT2D eigenvalue weighted by Crippen LogP contribution is -2.34. The van der Waals surface area contributed by atoms with Crippen molar-refractivity contribution in [2.24, 2.45) is 0 Å². The molecule has 24 heavy (non-hydrogen) atoms. The first kappa shape index (κ1) is 18.2. The number of carbonyl (C=O) groups is 1. The molecule has 2 aromatic carbocycles. The van der Waals surface area contributed by atoms with Crippen LogP contribution in [0.3, 0.4) is 0 Å². The minimum Gasteiger partial charge on any atom is -0.351 e. The van der Waals surface area contributed by atoms with Gasteiger partial charge in [-0.1, -0.05) is 42.5 Å². The molecule has 0 heterocycles. The Morgan fingerprint density at radius 3 is 2.21 bits per heavy atom. The molecular formula is C18H22N2O3S. The van der Waals surface area contributed by atoms with Gasteiger partial charge < -0.3 is 5.32 Å². The molecule has 0 bridgehead atoms. The van der Waals surface area contributed by atoms with E-state index in [2.05, 4.69) is 5.32 Å². The minimum atomic E-state index is -3.19. The molecule has 128 valence electrons. The number of likely N-dealkylation sites (N-methyl/N-ethyl adjacent to an activating group) is 1. The summed E-state index contributed by atoms with van der Waals surface area (Å²) in [5.41, 5.74) is 2.02. The van der Waals surface area contributed by atoms with Crippen LogP contribution in [0.1, 0.15) is 11.1 Å². The molecule has 5 nitrogen and oxygen atoms in total. The van der Waals surface area contributed by atoms with Crippen LogP contribution < -0.4 is 5.32 Å². The summed E-state index contributed by atoms with van der Waals surface area (Å²) in [6.07, 6.45) is 1.17. The highest BCUT2D eigenvalue weighted by Crippen LogP contribution is 2.10. The Kier molecular flexibility index (Phi) is 6.11. The fraction of sp³-hybridized carbons (Fsp3) is 0.278. The topological polar surface area (TPSA) is 66.5 Å². The molecule has 6 heteroatoms. The summed E-state index contributed by atoms with van der Waals surface area (Å²) < 4.78 is 22.8. The standard InChI is InChI=1S/C18H22N2O3S/c1-20(13-16-6-4-3-5-7-16)14-18(21)19-12-15-8-10-17(11-9-15)24(2,22)23/h3-11H,12-14H2,1-2H3,(H,19,21). The van der Waals surface area contributed by atoms with E-state index in [-0.39, 0.29) is 10.8 Å². The second-order valence-electron chi connectivity index (χ2n) is 5.85.